The fraction of sp³-hybridized carbons (Fsp3) is 0.0952. The van der Waals surface area contributed by atoms with Crippen molar-refractivity contribution in [3.63, 3.8) is 0 Å². The molecule has 0 aliphatic carbocycles. The van der Waals surface area contributed by atoms with Gasteiger partial charge in [-0.1, -0.05) is 29.5 Å². The SMILES string of the molecule is CC1=Nc2ccccc2/C1=C/c1sc(=Nc2ccc(C(=O)O)cc2)n(C)c1O. The molecule has 0 saturated carbocycles. The number of aromatic hydroxyl groups is 1. The molecule has 0 atom stereocenters. The Hall–Kier alpha value is -3.45. The van der Waals surface area contributed by atoms with E-state index in [1.54, 1.807) is 23.7 Å². The maximum Gasteiger partial charge on any atom is 0.335 e. The van der Waals surface area contributed by atoms with Crippen molar-refractivity contribution in [3.05, 3.63) is 69.3 Å². The van der Waals surface area contributed by atoms with Crippen LogP contribution in [0.5, 0.6) is 5.88 Å². The summed E-state index contributed by atoms with van der Waals surface area (Å²) in [4.78, 5) is 21.4. The maximum atomic E-state index is 11.0. The van der Waals surface area contributed by atoms with E-state index in [1.165, 1.54) is 23.5 Å². The molecule has 1 aliphatic heterocycles. The Morgan fingerprint density at radius 3 is 2.61 bits per heavy atom. The van der Waals surface area contributed by atoms with Crippen LogP contribution < -0.4 is 4.80 Å². The van der Waals surface area contributed by atoms with Gasteiger partial charge in [-0.3, -0.25) is 9.56 Å². The van der Waals surface area contributed by atoms with Crippen LogP contribution in [-0.4, -0.2) is 26.5 Å². The molecule has 6 nitrogen and oxygen atoms in total. The van der Waals surface area contributed by atoms with Crippen LogP contribution in [0.25, 0.3) is 11.6 Å². The van der Waals surface area contributed by atoms with E-state index in [4.69, 9.17) is 5.11 Å². The molecule has 2 heterocycles. The highest BCUT2D eigenvalue weighted by Crippen LogP contribution is 2.37. The minimum atomic E-state index is -0.978. The summed E-state index contributed by atoms with van der Waals surface area (Å²) in [5.41, 5.74) is 4.67. The van der Waals surface area contributed by atoms with E-state index < -0.39 is 5.97 Å². The molecular formula is C21H17N3O3S. The van der Waals surface area contributed by atoms with Crippen molar-refractivity contribution < 1.29 is 15.0 Å². The van der Waals surface area contributed by atoms with Gasteiger partial charge in [0.25, 0.3) is 0 Å². The molecule has 7 heteroatoms. The fourth-order valence-electron chi connectivity index (χ4n) is 3.00. The number of nitrogens with zero attached hydrogens (tertiary/aromatic N) is 3. The van der Waals surface area contributed by atoms with Crippen molar-refractivity contribution >= 4 is 46.0 Å². The molecule has 0 fully saturated rings. The van der Waals surface area contributed by atoms with Crippen molar-refractivity contribution in [3.8, 4) is 5.88 Å². The molecule has 0 unspecified atom stereocenters. The van der Waals surface area contributed by atoms with Crippen LogP contribution in [0.2, 0.25) is 0 Å². The third-order valence-electron chi connectivity index (χ3n) is 4.51. The summed E-state index contributed by atoms with van der Waals surface area (Å²) in [5.74, 6) is -0.857. The Labute approximate surface area is 165 Å². The lowest BCUT2D eigenvalue weighted by Gasteiger charge is -2.01. The molecule has 1 aromatic heterocycles. The van der Waals surface area contributed by atoms with Crippen LogP contribution in [0.1, 0.15) is 27.7 Å². The quantitative estimate of drug-likeness (QED) is 0.695. The van der Waals surface area contributed by atoms with E-state index in [2.05, 4.69) is 9.98 Å². The van der Waals surface area contributed by atoms with Gasteiger partial charge in [-0.05, 0) is 43.3 Å². The summed E-state index contributed by atoms with van der Waals surface area (Å²) in [7, 11) is 1.74. The number of allylic oxidation sites excluding steroid dienone is 1. The Bertz CT molecular complexity index is 1210. The second-order valence-electron chi connectivity index (χ2n) is 6.37. The van der Waals surface area contributed by atoms with Gasteiger partial charge in [0.2, 0.25) is 5.88 Å². The number of aliphatic imine (C=N–C) groups is 1. The number of thiazole rings is 1. The molecule has 0 bridgehead atoms. The lowest BCUT2D eigenvalue weighted by atomic mass is 10.0. The zero-order valence-corrected chi connectivity index (χ0v) is 16.1. The molecule has 0 radical (unpaired) electrons. The summed E-state index contributed by atoms with van der Waals surface area (Å²) < 4.78 is 1.61. The molecule has 0 saturated heterocycles. The predicted molar refractivity (Wildman–Crippen MR) is 111 cm³/mol. The smallest absolute Gasteiger partial charge is 0.335 e. The van der Waals surface area contributed by atoms with Crippen LogP contribution in [-0.2, 0) is 7.05 Å². The van der Waals surface area contributed by atoms with Gasteiger partial charge < -0.3 is 10.2 Å². The van der Waals surface area contributed by atoms with Gasteiger partial charge in [-0.25, -0.2) is 9.79 Å². The second-order valence-corrected chi connectivity index (χ2v) is 7.38. The van der Waals surface area contributed by atoms with Crippen LogP contribution in [0.4, 0.5) is 11.4 Å². The van der Waals surface area contributed by atoms with E-state index >= 15 is 0 Å². The van der Waals surface area contributed by atoms with Gasteiger partial charge in [0.15, 0.2) is 4.80 Å². The zero-order valence-electron chi connectivity index (χ0n) is 15.2. The number of fused-ring (bicyclic) bond motifs is 1. The van der Waals surface area contributed by atoms with E-state index in [0.29, 0.717) is 15.4 Å². The van der Waals surface area contributed by atoms with Crippen molar-refractivity contribution in [1.82, 2.24) is 4.57 Å². The van der Waals surface area contributed by atoms with Crippen molar-refractivity contribution in [2.75, 3.05) is 0 Å². The average Bonchev–Trinajstić information content (AvgIpc) is 3.14. The summed E-state index contributed by atoms with van der Waals surface area (Å²) >= 11 is 1.35. The standard InChI is InChI=1S/C21H17N3O3S/c1-12-16(15-5-3-4-6-17(15)22-12)11-18-19(25)24(2)21(28-18)23-14-9-7-13(8-10-14)20(26)27/h3-11,25H,1-2H3,(H,26,27)/b16-11+,23-21?. The Kier molecular flexibility index (Phi) is 4.44. The van der Waals surface area contributed by atoms with Crippen molar-refractivity contribution in [1.29, 1.82) is 0 Å². The third kappa shape index (κ3) is 3.16. The topological polar surface area (TPSA) is 87.2 Å². The van der Waals surface area contributed by atoms with Crippen LogP contribution in [0, 0.1) is 0 Å². The highest BCUT2D eigenvalue weighted by atomic mass is 32.1. The first kappa shape index (κ1) is 17.9. The number of hydrogen-bond acceptors (Lipinski definition) is 5. The Balaban J connectivity index is 1.76. The van der Waals surface area contributed by atoms with Crippen molar-refractivity contribution in [2.24, 2.45) is 17.0 Å². The summed E-state index contributed by atoms with van der Waals surface area (Å²) in [6.07, 6.45) is 1.93. The molecule has 1 aliphatic rings. The lowest BCUT2D eigenvalue weighted by molar-refractivity contribution is 0.0697. The third-order valence-corrected chi connectivity index (χ3v) is 5.58. The van der Waals surface area contributed by atoms with Gasteiger partial charge in [-0.15, -0.1) is 0 Å². The number of carboxylic acids is 1. The first-order chi connectivity index (χ1) is 13.4. The highest BCUT2D eigenvalue weighted by Gasteiger charge is 2.18. The molecule has 3 aromatic rings. The minimum absolute atomic E-state index is 0.121. The Morgan fingerprint density at radius 2 is 1.89 bits per heavy atom. The number of carboxylic acid groups (broad SMARTS) is 1. The van der Waals surface area contributed by atoms with Crippen molar-refractivity contribution in [2.45, 2.75) is 6.92 Å². The molecule has 2 aromatic carbocycles. The fourth-order valence-corrected chi connectivity index (χ4v) is 3.97. The molecule has 2 N–H and O–H groups in total. The largest absolute Gasteiger partial charge is 0.493 e. The van der Waals surface area contributed by atoms with E-state index in [-0.39, 0.29) is 11.4 Å². The monoisotopic (exact) mass is 391 g/mol. The average molecular weight is 391 g/mol. The van der Waals surface area contributed by atoms with E-state index in [1.807, 2.05) is 37.3 Å². The zero-order chi connectivity index (χ0) is 19.8. The highest BCUT2D eigenvalue weighted by molar-refractivity contribution is 7.10. The first-order valence-corrected chi connectivity index (χ1v) is 9.39. The lowest BCUT2D eigenvalue weighted by Crippen LogP contribution is -2.08. The number of para-hydroxylation sites is 1. The molecular weight excluding hydrogens is 374 g/mol. The van der Waals surface area contributed by atoms with Crippen LogP contribution in [0.15, 0.2) is 58.5 Å². The molecule has 0 spiro atoms. The van der Waals surface area contributed by atoms with Gasteiger partial charge in [0.05, 0.1) is 21.8 Å². The van der Waals surface area contributed by atoms with Gasteiger partial charge in [-0.2, -0.15) is 0 Å². The number of rotatable bonds is 3. The molecule has 0 amide bonds. The number of aromatic carboxylic acids is 1. The summed E-state index contributed by atoms with van der Waals surface area (Å²) in [6.45, 7) is 1.95. The summed E-state index contributed by atoms with van der Waals surface area (Å²) in [6, 6.07) is 14.2. The minimum Gasteiger partial charge on any atom is -0.493 e. The first-order valence-electron chi connectivity index (χ1n) is 8.57. The number of hydrogen-bond donors (Lipinski definition) is 2. The van der Waals surface area contributed by atoms with E-state index in [9.17, 15) is 9.90 Å². The molecule has 4 rings (SSSR count). The molecule has 28 heavy (non-hydrogen) atoms. The normalized spacial score (nSPS) is 15.0. The second kappa shape index (κ2) is 6.94. The van der Waals surface area contributed by atoms with Gasteiger partial charge in [0.1, 0.15) is 0 Å². The summed E-state index contributed by atoms with van der Waals surface area (Å²) in [5, 5.41) is 19.6. The number of benzene rings is 2. The van der Waals surface area contributed by atoms with Gasteiger partial charge >= 0.3 is 5.97 Å². The van der Waals surface area contributed by atoms with E-state index in [0.717, 1.165) is 22.5 Å². The number of carbonyl (C=O) groups is 1. The number of aromatic nitrogens is 1. The predicted octanol–water partition coefficient (Wildman–Crippen LogP) is 4.37. The maximum absolute atomic E-state index is 11.0. The van der Waals surface area contributed by atoms with Crippen LogP contribution in [0.3, 0.4) is 0 Å². The van der Waals surface area contributed by atoms with Gasteiger partial charge in [0, 0.05) is 23.9 Å². The Morgan fingerprint density at radius 1 is 1.18 bits per heavy atom. The van der Waals surface area contributed by atoms with Crippen LogP contribution >= 0.6 is 11.3 Å². The molecule has 140 valence electrons.